The fourth-order valence-electron chi connectivity index (χ4n) is 2.30. The highest BCUT2D eigenvalue weighted by Crippen LogP contribution is 2.31. The van der Waals surface area contributed by atoms with Crippen molar-refractivity contribution in [1.29, 1.82) is 0 Å². The summed E-state index contributed by atoms with van der Waals surface area (Å²) < 4.78 is 25.7. The lowest BCUT2D eigenvalue weighted by Crippen LogP contribution is -2.38. The van der Waals surface area contributed by atoms with E-state index in [4.69, 9.17) is 11.6 Å². The van der Waals surface area contributed by atoms with E-state index in [1.54, 1.807) is 6.07 Å². The number of hydrogen-bond acceptors (Lipinski definition) is 6. The van der Waals surface area contributed by atoms with Crippen LogP contribution in [0.2, 0.25) is 5.02 Å². The van der Waals surface area contributed by atoms with E-state index in [-0.39, 0.29) is 5.75 Å². The van der Waals surface area contributed by atoms with Crippen molar-refractivity contribution in [2.24, 2.45) is 0 Å². The molecule has 0 unspecified atom stereocenters. The summed E-state index contributed by atoms with van der Waals surface area (Å²) in [6.07, 6.45) is 1.39. The van der Waals surface area contributed by atoms with E-state index in [9.17, 15) is 13.2 Å². The Bertz CT molecular complexity index is 824. The zero-order valence-corrected chi connectivity index (χ0v) is 14.3. The number of carbonyl (C=O) groups excluding carboxylic acids is 1. The Kier molecular flexibility index (Phi) is 4.51. The van der Waals surface area contributed by atoms with Crippen molar-refractivity contribution in [3.8, 4) is 0 Å². The first-order chi connectivity index (χ1) is 11.0. The van der Waals surface area contributed by atoms with Gasteiger partial charge in [0, 0.05) is 12.1 Å². The number of benzene rings is 1. The smallest absolute Gasteiger partial charge is 0.257 e. The summed E-state index contributed by atoms with van der Waals surface area (Å²) in [6, 6.07) is 4.55. The molecular formula is C13H13ClN4O3S2. The van der Waals surface area contributed by atoms with Gasteiger partial charge >= 0.3 is 0 Å². The molecule has 0 atom stereocenters. The Morgan fingerprint density at radius 3 is 2.87 bits per heavy atom. The van der Waals surface area contributed by atoms with Crippen LogP contribution in [-0.4, -0.2) is 36.8 Å². The lowest BCUT2D eigenvalue weighted by atomic mass is 10.2. The Balaban J connectivity index is 1.91. The molecule has 1 N–H and O–H groups in total. The maximum Gasteiger partial charge on any atom is 0.257 e. The van der Waals surface area contributed by atoms with Crippen molar-refractivity contribution in [1.82, 2.24) is 10.2 Å². The van der Waals surface area contributed by atoms with E-state index in [1.165, 1.54) is 33.3 Å². The summed E-state index contributed by atoms with van der Waals surface area (Å²) in [4.78, 5) is 12.2. The first-order valence-corrected chi connectivity index (χ1v) is 9.71. The molecule has 3 rings (SSSR count). The van der Waals surface area contributed by atoms with Crippen molar-refractivity contribution in [3.63, 3.8) is 0 Å². The maximum atomic E-state index is 12.2. The fourth-order valence-corrected chi connectivity index (χ4v) is 4.66. The van der Waals surface area contributed by atoms with Gasteiger partial charge in [-0.05, 0) is 31.0 Å². The third-order valence-corrected chi connectivity index (χ3v) is 6.19. The normalized spacial score (nSPS) is 17.0. The summed E-state index contributed by atoms with van der Waals surface area (Å²) in [6.45, 7) is 0.365. The number of anilines is 2. The van der Waals surface area contributed by atoms with E-state index in [0.717, 1.165) is 6.42 Å². The molecule has 1 aliphatic rings. The number of nitrogens with one attached hydrogen (secondary N) is 1. The quantitative estimate of drug-likeness (QED) is 0.892. The van der Waals surface area contributed by atoms with Crippen LogP contribution in [0, 0.1) is 0 Å². The fraction of sp³-hybridized carbons (Fsp3) is 0.308. The summed E-state index contributed by atoms with van der Waals surface area (Å²) in [7, 11) is -3.39. The largest absolute Gasteiger partial charge is 0.296 e. The van der Waals surface area contributed by atoms with Crippen LogP contribution in [0.4, 0.5) is 10.8 Å². The van der Waals surface area contributed by atoms with Gasteiger partial charge in [-0.1, -0.05) is 22.9 Å². The summed E-state index contributed by atoms with van der Waals surface area (Å²) >= 11 is 7.34. The van der Waals surface area contributed by atoms with Crippen LogP contribution in [0.15, 0.2) is 23.7 Å². The number of hydrogen-bond donors (Lipinski definition) is 1. The minimum Gasteiger partial charge on any atom is -0.296 e. The lowest BCUT2D eigenvalue weighted by molar-refractivity contribution is 0.102. The van der Waals surface area contributed by atoms with Gasteiger partial charge in [0.1, 0.15) is 5.51 Å². The Morgan fingerprint density at radius 2 is 2.17 bits per heavy atom. The van der Waals surface area contributed by atoms with Gasteiger partial charge in [0.05, 0.1) is 16.5 Å². The van der Waals surface area contributed by atoms with Gasteiger partial charge in [0.25, 0.3) is 5.91 Å². The third-order valence-electron chi connectivity index (χ3n) is 3.41. The second-order valence-corrected chi connectivity index (χ2v) is 8.21. The van der Waals surface area contributed by atoms with Crippen LogP contribution in [0.3, 0.4) is 0 Å². The summed E-state index contributed by atoms with van der Waals surface area (Å²) in [5.41, 5.74) is 2.14. The molecule has 23 heavy (non-hydrogen) atoms. The van der Waals surface area contributed by atoms with E-state index in [0.29, 0.717) is 34.4 Å². The molecule has 122 valence electrons. The highest BCUT2D eigenvalue weighted by molar-refractivity contribution is 7.92. The van der Waals surface area contributed by atoms with E-state index in [1.807, 2.05) is 0 Å². The highest BCUT2D eigenvalue weighted by atomic mass is 35.5. The van der Waals surface area contributed by atoms with Gasteiger partial charge < -0.3 is 0 Å². The number of nitrogens with zero attached hydrogens (tertiary/aromatic N) is 3. The molecule has 1 aromatic heterocycles. The van der Waals surface area contributed by atoms with Crippen molar-refractivity contribution in [2.75, 3.05) is 21.9 Å². The minimum absolute atomic E-state index is 0.0878. The molecule has 1 aromatic carbocycles. The predicted octanol–water partition coefficient (Wildman–Crippen LogP) is 2.37. The molecule has 0 radical (unpaired) electrons. The van der Waals surface area contributed by atoms with Crippen LogP contribution < -0.4 is 9.62 Å². The van der Waals surface area contributed by atoms with Gasteiger partial charge in [-0.25, -0.2) is 8.42 Å². The van der Waals surface area contributed by atoms with Crippen LogP contribution in [0.1, 0.15) is 23.2 Å². The monoisotopic (exact) mass is 372 g/mol. The lowest BCUT2D eigenvalue weighted by Gasteiger charge is -2.29. The number of amides is 1. The zero-order chi connectivity index (χ0) is 16.4. The molecule has 0 aliphatic carbocycles. The van der Waals surface area contributed by atoms with Crippen LogP contribution in [0.25, 0.3) is 0 Å². The Morgan fingerprint density at radius 1 is 1.35 bits per heavy atom. The molecule has 7 nitrogen and oxygen atoms in total. The molecule has 2 aromatic rings. The number of halogens is 1. The van der Waals surface area contributed by atoms with Crippen LogP contribution in [-0.2, 0) is 10.0 Å². The SMILES string of the molecule is O=C(Nc1nncs1)c1ccc(Cl)c(N2CCCCS2(=O)=O)c1. The second-order valence-electron chi connectivity index (χ2n) is 4.96. The molecule has 0 saturated carbocycles. The molecule has 2 heterocycles. The standard InChI is InChI=1S/C13H13ClN4O3S2/c14-10-4-3-9(12(19)16-13-17-15-8-22-13)7-11(10)18-5-1-2-6-23(18,20)21/h3-4,7-8H,1-2,5-6H2,(H,16,17,19). The van der Waals surface area contributed by atoms with Gasteiger partial charge in [-0.15, -0.1) is 10.2 Å². The van der Waals surface area contributed by atoms with Crippen LogP contribution >= 0.6 is 22.9 Å². The van der Waals surface area contributed by atoms with Crippen molar-refractivity contribution in [3.05, 3.63) is 34.3 Å². The zero-order valence-electron chi connectivity index (χ0n) is 11.9. The summed E-state index contributed by atoms with van der Waals surface area (Å²) in [5, 5.41) is 10.6. The Labute approximate surface area is 142 Å². The summed E-state index contributed by atoms with van der Waals surface area (Å²) in [5.74, 6) is -0.307. The molecular weight excluding hydrogens is 360 g/mol. The van der Waals surface area contributed by atoms with Crippen molar-refractivity contribution >= 4 is 49.7 Å². The molecule has 0 bridgehead atoms. The van der Waals surface area contributed by atoms with Gasteiger partial charge in [-0.3, -0.25) is 14.4 Å². The van der Waals surface area contributed by atoms with E-state index in [2.05, 4.69) is 15.5 Å². The van der Waals surface area contributed by atoms with Crippen LogP contribution in [0.5, 0.6) is 0 Å². The first kappa shape index (κ1) is 16.2. The molecule has 1 saturated heterocycles. The molecule has 0 spiro atoms. The average Bonchev–Trinajstić information content (AvgIpc) is 3.00. The number of sulfonamides is 1. The Hall–Kier alpha value is -1.71. The second kappa shape index (κ2) is 6.42. The molecule has 1 fully saturated rings. The molecule has 1 aliphatic heterocycles. The van der Waals surface area contributed by atoms with E-state index < -0.39 is 15.9 Å². The predicted molar refractivity (Wildman–Crippen MR) is 89.7 cm³/mol. The topological polar surface area (TPSA) is 92.3 Å². The number of carbonyl (C=O) groups is 1. The average molecular weight is 373 g/mol. The number of rotatable bonds is 3. The van der Waals surface area contributed by atoms with Gasteiger partial charge in [0.15, 0.2) is 0 Å². The maximum absolute atomic E-state index is 12.2. The third kappa shape index (κ3) is 3.46. The molecule has 1 amide bonds. The van der Waals surface area contributed by atoms with Crippen molar-refractivity contribution < 1.29 is 13.2 Å². The minimum atomic E-state index is -3.39. The first-order valence-electron chi connectivity index (χ1n) is 6.85. The van der Waals surface area contributed by atoms with Gasteiger partial charge in [0.2, 0.25) is 15.2 Å². The van der Waals surface area contributed by atoms with E-state index >= 15 is 0 Å². The van der Waals surface area contributed by atoms with Gasteiger partial charge in [-0.2, -0.15) is 0 Å². The number of aromatic nitrogens is 2. The van der Waals surface area contributed by atoms with Crippen molar-refractivity contribution in [2.45, 2.75) is 12.8 Å². The molecule has 10 heteroatoms. The highest BCUT2D eigenvalue weighted by Gasteiger charge is 2.28.